The van der Waals surface area contributed by atoms with Crippen molar-refractivity contribution in [3.63, 3.8) is 0 Å². The molecule has 2 amide bonds. The number of carbonyl (C=O) groups excluding carboxylic acids is 2. The van der Waals surface area contributed by atoms with Crippen molar-refractivity contribution in [2.45, 2.75) is 82.0 Å². The smallest absolute Gasteiger partial charge is 0.301 e. The fourth-order valence-corrected chi connectivity index (χ4v) is 10.2. The Labute approximate surface area is 344 Å². The lowest BCUT2D eigenvalue weighted by Crippen LogP contribution is -2.60. The third-order valence-corrected chi connectivity index (χ3v) is 13.6. The number of aromatic nitrogens is 4. The van der Waals surface area contributed by atoms with Gasteiger partial charge in [-0.1, -0.05) is 18.5 Å². The number of likely N-dealkylation sites (N-methyl/N-ethyl adjacent to an activating group) is 1. The molecule has 2 aromatic carbocycles. The highest BCUT2D eigenvalue weighted by Gasteiger charge is 2.53. The molecule has 2 aliphatic carbocycles. The standard InChI is InChI=1S/C42H47ClF2N10O4/c1-21-16-41(13-12-29(21)47-24-6-8-25-31(15-24)54(3)52-33(25)26-9-11-32(56)49-38(26)57)18-55(19-41)40-46-17-28(43)37(51-40)48-23-7-10-30-27(14-23)34-35(39(58)53(30)2)59-20-42(44,45)36(50-34)22-4-5-22/h6-8,10,14-15,17,21-22,26,29,36,39,47,50,58H,4-5,9,11-13,16,18-20H2,1-3H3,(H,46,48,51)(H,49,56,57)/t21-,26?,29+,36+,39?/m1/s1. The van der Waals surface area contributed by atoms with E-state index >= 15 is 8.78 Å². The quantitative estimate of drug-likeness (QED) is 0.142. The van der Waals surface area contributed by atoms with Crippen molar-refractivity contribution >= 4 is 68.8 Å². The number of alkyl halides is 2. The number of aliphatic hydroxyl groups excluding tert-OH is 1. The van der Waals surface area contributed by atoms with E-state index in [1.807, 2.05) is 36.0 Å². The molecule has 310 valence electrons. The highest BCUT2D eigenvalue weighted by atomic mass is 35.5. The Hall–Kier alpha value is -5.22. The molecule has 6 heterocycles. The van der Waals surface area contributed by atoms with Gasteiger partial charge in [0.05, 0.1) is 35.1 Å². The monoisotopic (exact) mass is 828 g/mol. The maximum absolute atomic E-state index is 15.2. The lowest BCUT2D eigenvalue weighted by Gasteiger charge is -2.55. The van der Waals surface area contributed by atoms with Gasteiger partial charge >= 0.3 is 5.92 Å². The van der Waals surface area contributed by atoms with Crippen molar-refractivity contribution in [1.29, 1.82) is 0 Å². The van der Waals surface area contributed by atoms with E-state index in [-0.39, 0.29) is 28.9 Å². The van der Waals surface area contributed by atoms with Gasteiger partial charge in [-0.3, -0.25) is 19.6 Å². The van der Waals surface area contributed by atoms with Crippen LogP contribution >= 0.6 is 11.6 Å². The molecule has 4 aliphatic heterocycles. The van der Waals surface area contributed by atoms with Gasteiger partial charge in [0.2, 0.25) is 17.8 Å². The van der Waals surface area contributed by atoms with E-state index < -0.39 is 30.7 Å². The molecule has 2 unspecified atom stereocenters. The molecule has 5 atom stereocenters. The summed E-state index contributed by atoms with van der Waals surface area (Å²) in [5.74, 6) is -2.71. The van der Waals surface area contributed by atoms with Crippen LogP contribution in [0, 0.1) is 17.3 Å². The number of carbonyl (C=O) groups is 2. The summed E-state index contributed by atoms with van der Waals surface area (Å²) in [6, 6.07) is 10.9. The second kappa shape index (κ2) is 13.9. The number of rotatable bonds is 7. The molecule has 4 aromatic rings. The van der Waals surface area contributed by atoms with Gasteiger partial charge in [0.25, 0.3) is 0 Å². The number of hydrogen-bond acceptors (Lipinski definition) is 12. The molecule has 0 radical (unpaired) electrons. The fourth-order valence-electron chi connectivity index (χ4n) is 10.0. The minimum absolute atomic E-state index is 0.0847. The second-order valence-electron chi connectivity index (χ2n) is 17.5. The van der Waals surface area contributed by atoms with Crippen LogP contribution in [0.2, 0.25) is 5.02 Å². The van der Waals surface area contributed by atoms with Crippen molar-refractivity contribution in [3.05, 3.63) is 64.6 Å². The molecule has 59 heavy (non-hydrogen) atoms. The normalized spacial score (nSPS) is 27.3. The highest BCUT2D eigenvalue weighted by Crippen LogP contribution is 2.49. The summed E-state index contributed by atoms with van der Waals surface area (Å²) in [4.78, 5) is 37.5. The Morgan fingerprint density at radius 2 is 1.85 bits per heavy atom. The molecule has 1 spiro atoms. The van der Waals surface area contributed by atoms with E-state index in [0.29, 0.717) is 69.9 Å². The summed E-state index contributed by atoms with van der Waals surface area (Å²) in [7, 11) is 3.59. The molecule has 14 nitrogen and oxygen atoms in total. The summed E-state index contributed by atoms with van der Waals surface area (Å²) in [5.41, 5.74) is 5.13. The average molecular weight is 829 g/mol. The first-order chi connectivity index (χ1) is 28.3. The minimum Gasteiger partial charge on any atom is -0.485 e. The van der Waals surface area contributed by atoms with E-state index in [1.165, 1.54) is 0 Å². The second-order valence-corrected chi connectivity index (χ2v) is 17.9. The maximum Gasteiger partial charge on any atom is 0.301 e. The summed E-state index contributed by atoms with van der Waals surface area (Å²) < 4.78 is 37.8. The zero-order valence-corrected chi connectivity index (χ0v) is 33.8. The molecule has 4 fully saturated rings. The predicted molar refractivity (Wildman–Crippen MR) is 220 cm³/mol. The lowest BCUT2D eigenvalue weighted by atomic mass is 9.64. The summed E-state index contributed by atoms with van der Waals surface area (Å²) in [6.45, 7) is 3.17. The van der Waals surface area contributed by atoms with Crippen LogP contribution in [0.1, 0.15) is 69.0 Å². The molecule has 0 bridgehead atoms. The Morgan fingerprint density at radius 3 is 2.61 bits per heavy atom. The van der Waals surface area contributed by atoms with Crippen LogP contribution in [-0.2, 0) is 21.4 Å². The molecule has 2 aromatic heterocycles. The zero-order valence-electron chi connectivity index (χ0n) is 33.1. The number of aryl methyl sites for hydroxylation is 1. The Morgan fingerprint density at radius 1 is 1.05 bits per heavy atom. The lowest BCUT2D eigenvalue weighted by molar-refractivity contribution is -0.134. The highest BCUT2D eigenvalue weighted by molar-refractivity contribution is 6.33. The van der Waals surface area contributed by atoms with Crippen molar-refractivity contribution in [2.75, 3.05) is 47.2 Å². The number of benzene rings is 2. The van der Waals surface area contributed by atoms with Crippen molar-refractivity contribution in [1.82, 2.24) is 30.4 Å². The topological polar surface area (TPSA) is 162 Å². The van der Waals surface area contributed by atoms with Gasteiger partial charge in [-0.05, 0) is 86.8 Å². The average Bonchev–Trinajstić information content (AvgIpc) is 4.00. The van der Waals surface area contributed by atoms with E-state index in [0.717, 1.165) is 61.8 Å². The first-order valence-electron chi connectivity index (χ1n) is 20.4. The number of hydrogen-bond donors (Lipinski definition) is 5. The number of piperidine rings is 1. The Bertz CT molecular complexity index is 2420. The van der Waals surface area contributed by atoms with Gasteiger partial charge in [0, 0.05) is 73.1 Å². The van der Waals surface area contributed by atoms with Gasteiger partial charge < -0.3 is 35.6 Å². The van der Waals surface area contributed by atoms with Crippen LogP contribution in [0.15, 0.2) is 48.4 Å². The maximum atomic E-state index is 15.2. The summed E-state index contributed by atoms with van der Waals surface area (Å²) in [5, 5.41) is 29.7. The van der Waals surface area contributed by atoms with Gasteiger partial charge in [-0.25, -0.2) is 13.8 Å². The largest absolute Gasteiger partial charge is 0.485 e. The molecule has 10 rings (SSSR count). The van der Waals surface area contributed by atoms with Crippen LogP contribution in [0.3, 0.4) is 0 Å². The molecule has 5 N–H and O–H groups in total. The van der Waals surface area contributed by atoms with Gasteiger partial charge in [-0.2, -0.15) is 10.1 Å². The minimum atomic E-state index is -3.09. The first kappa shape index (κ1) is 38.0. The number of nitrogens with zero attached hydrogens (tertiary/aromatic N) is 6. The van der Waals surface area contributed by atoms with Crippen LogP contribution < -0.4 is 31.1 Å². The SMILES string of the molecule is C[C@@H]1CC2(CC[C@@H]1Nc1ccc3c(C4CCC(=O)NC4=O)nn(C)c3c1)CN(c1ncc(Cl)c(Nc3ccc4c(c3)C3=C(OCC(F)(F)[C@H](C5CC5)N3)C(O)N4C)n1)C2. The van der Waals surface area contributed by atoms with Gasteiger partial charge in [0.15, 0.2) is 24.4 Å². The predicted octanol–water partition coefficient (Wildman–Crippen LogP) is 5.86. The van der Waals surface area contributed by atoms with Crippen LogP contribution in [0.5, 0.6) is 0 Å². The Balaban J connectivity index is 0.801. The first-order valence-corrected chi connectivity index (χ1v) is 20.8. The molecule has 2 saturated carbocycles. The third kappa shape index (κ3) is 6.68. The van der Waals surface area contributed by atoms with Crippen molar-refractivity contribution in [3.8, 4) is 0 Å². The molecule has 2 saturated heterocycles. The fraction of sp³-hybridized carbons (Fsp3) is 0.500. The molecular formula is C42H47ClF2N10O4. The molecule has 17 heteroatoms. The van der Waals surface area contributed by atoms with Crippen molar-refractivity contribution in [2.24, 2.45) is 24.3 Å². The Kier molecular flexibility index (Phi) is 8.98. The van der Waals surface area contributed by atoms with E-state index in [9.17, 15) is 14.7 Å². The number of amides is 2. The van der Waals surface area contributed by atoms with Crippen molar-refractivity contribution < 1.29 is 28.2 Å². The number of aliphatic hydroxyl groups is 1. The zero-order chi connectivity index (χ0) is 41.0. The number of nitrogens with one attached hydrogen (secondary N) is 4. The number of anilines is 5. The summed E-state index contributed by atoms with van der Waals surface area (Å²) in [6.07, 6.45) is 5.71. The van der Waals surface area contributed by atoms with Crippen LogP contribution in [0.4, 0.5) is 37.6 Å². The van der Waals surface area contributed by atoms with E-state index in [4.69, 9.17) is 26.4 Å². The van der Waals surface area contributed by atoms with E-state index in [2.05, 4.69) is 50.2 Å². The number of imide groups is 1. The van der Waals surface area contributed by atoms with Crippen LogP contribution in [-0.4, -0.2) is 87.6 Å². The van der Waals surface area contributed by atoms with Gasteiger partial charge in [0.1, 0.15) is 5.02 Å². The van der Waals surface area contributed by atoms with E-state index in [1.54, 1.807) is 18.1 Å². The third-order valence-electron chi connectivity index (χ3n) is 13.3. The summed E-state index contributed by atoms with van der Waals surface area (Å²) >= 11 is 6.64. The molecular weight excluding hydrogens is 782 g/mol. The van der Waals surface area contributed by atoms with Crippen LogP contribution in [0.25, 0.3) is 16.6 Å². The molecule has 6 aliphatic rings. The number of fused-ring (bicyclic) bond motifs is 3. The van der Waals surface area contributed by atoms with Gasteiger partial charge in [-0.15, -0.1) is 0 Å². The number of ether oxygens (including phenoxy) is 1. The number of halogens is 3.